The minimum Gasteiger partial charge on any atom is -0.341 e. The molecule has 2 aliphatic carbocycles. The molecule has 0 bridgehead atoms. The summed E-state index contributed by atoms with van der Waals surface area (Å²) in [7, 11) is -1.33. The van der Waals surface area contributed by atoms with Gasteiger partial charge >= 0.3 is 0 Å². The minimum atomic E-state index is -3.12. The molecule has 4 atom stereocenters. The molecule has 0 saturated heterocycles. The van der Waals surface area contributed by atoms with Crippen molar-refractivity contribution in [1.82, 2.24) is 4.90 Å². The van der Waals surface area contributed by atoms with Crippen LogP contribution in [0.15, 0.2) is 24.3 Å². The van der Waals surface area contributed by atoms with Gasteiger partial charge in [-0.3, -0.25) is 4.79 Å². The van der Waals surface area contributed by atoms with E-state index in [4.69, 9.17) is 0 Å². The Kier molecular flexibility index (Phi) is 4.73. The van der Waals surface area contributed by atoms with Crippen LogP contribution in [0.3, 0.4) is 0 Å². The van der Waals surface area contributed by atoms with Crippen LogP contribution >= 0.6 is 0 Å². The van der Waals surface area contributed by atoms with Crippen LogP contribution in [-0.2, 0) is 14.6 Å². The predicted octanol–water partition coefficient (Wildman–Crippen LogP) is 2.91. The molecule has 5 heteroatoms. The van der Waals surface area contributed by atoms with Gasteiger partial charge in [0.05, 0.1) is 5.25 Å². The Morgan fingerprint density at radius 1 is 1.21 bits per heavy atom. The van der Waals surface area contributed by atoms with E-state index in [2.05, 4.69) is 25.1 Å². The molecule has 0 aromatic heterocycles. The topological polar surface area (TPSA) is 54.5 Å². The van der Waals surface area contributed by atoms with Gasteiger partial charge < -0.3 is 4.90 Å². The zero-order chi connectivity index (χ0) is 17.5. The first-order chi connectivity index (χ1) is 11.3. The number of hydrogen-bond donors (Lipinski definition) is 0. The summed E-state index contributed by atoms with van der Waals surface area (Å²) >= 11 is 0. The molecular formula is C19H27NO3S. The standard InChI is InChI=1S/C19H27NO3S/c1-13-7-6-8-14(11-13)15-12-16(15)19(21)20(2)17-9-4-5-10-18(17)24(3,22)23/h6-8,11,15-18H,4-5,9-10,12H2,1-3H3/t15-,16-,17-,18-/m0/s1. The van der Waals surface area contributed by atoms with E-state index in [9.17, 15) is 13.2 Å². The Morgan fingerprint density at radius 2 is 1.92 bits per heavy atom. The zero-order valence-electron chi connectivity index (χ0n) is 14.7. The summed E-state index contributed by atoms with van der Waals surface area (Å²) in [5, 5.41) is -0.406. The summed E-state index contributed by atoms with van der Waals surface area (Å²) < 4.78 is 24.2. The third kappa shape index (κ3) is 3.51. The highest BCUT2D eigenvalue weighted by Gasteiger charge is 2.47. The number of benzene rings is 1. The summed E-state index contributed by atoms with van der Waals surface area (Å²) in [4.78, 5) is 14.6. The van der Waals surface area contributed by atoms with Crippen molar-refractivity contribution in [3.05, 3.63) is 35.4 Å². The van der Waals surface area contributed by atoms with Gasteiger partial charge in [-0.15, -0.1) is 0 Å². The van der Waals surface area contributed by atoms with Gasteiger partial charge in [0.25, 0.3) is 0 Å². The summed E-state index contributed by atoms with van der Waals surface area (Å²) in [6.45, 7) is 2.06. The fourth-order valence-electron chi connectivity index (χ4n) is 4.18. The molecule has 3 rings (SSSR count). The number of hydrogen-bond acceptors (Lipinski definition) is 3. The van der Waals surface area contributed by atoms with Crippen LogP contribution in [0.25, 0.3) is 0 Å². The number of carbonyl (C=O) groups is 1. The number of rotatable bonds is 4. The Balaban J connectivity index is 1.71. The second-order valence-electron chi connectivity index (χ2n) is 7.53. The first-order valence-corrected chi connectivity index (χ1v) is 10.8. The third-order valence-electron chi connectivity index (χ3n) is 5.64. The fraction of sp³-hybridized carbons (Fsp3) is 0.632. The van der Waals surface area contributed by atoms with Crippen molar-refractivity contribution in [3.8, 4) is 0 Å². The lowest BCUT2D eigenvalue weighted by atomic mass is 9.93. The molecule has 1 aromatic rings. The highest BCUT2D eigenvalue weighted by molar-refractivity contribution is 7.91. The molecule has 0 radical (unpaired) electrons. The first kappa shape index (κ1) is 17.5. The molecule has 0 heterocycles. The summed E-state index contributed by atoms with van der Waals surface area (Å²) in [6.07, 6.45) is 5.59. The molecule has 24 heavy (non-hydrogen) atoms. The highest BCUT2D eigenvalue weighted by atomic mass is 32.2. The van der Waals surface area contributed by atoms with Crippen molar-refractivity contribution in [2.75, 3.05) is 13.3 Å². The van der Waals surface area contributed by atoms with Crippen LogP contribution in [0.4, 0.5) is 0 Å². The van der Waals surface area contributed by atoms with Gasteiger partial charge in [0.2, 0.25) is 5.91 Å². The summed E-state index contributed by atoms with van der Waals surface area (Å²) in [5.74, 6) is 0.418. The molecule has 0 spiro atoms. The largest absolute Gasteiger partial charge is 0.341 e. The lowest BCUT2D eigenvalue weighted by Gasteiger charge is -2.37. The van der Waals surface area contributed by atoms with E-state index < -0.39 is 15.1 Å². The van der Waals surface area contributed by atoms with Crippen LogP contribution in [0.2, 0.25) is 0 Å². The van der Waals surface area contributed by atoms with Crippen LogP contribution in [-0.4, -0.2) is 43.8 Å². The second kappa shape index (κ2) is 6.51. The fourth-order valence-corrected chi connectivity index (χ4v) is 5.67. The second-order valence-corrected chi connectivity index (χ2v) is 9.80. The number of nitrogens with zero attached hydrogens (tertiary/aromatic N) is 1. The molecule has 1 amide bonds. The van der Waals surface area contributed by atoms with E-state index in [1.165, 1.54) is 17.4 Å². The van der Waals surface area contributed by atoms with E-state index >= 15 is 0 Å². The lowest BCUT2D eigenvalue weighted by Crippen LogP contribution is -2.49. The molecule has 2 aliphatic rings. The molecule has 132 valence electrons. The Labute approximate surface area is 145 Å². The first-order valence-electron chi connectivity index (χ1n) is 8.81. The number of sulfone groups is 1. The van der Waals surface area contributed by atoms with Crippen LogP contribution < -0.4 is 0 Å². The van der Waals surface area contributed by atoms with Crippen LogP contribution in [0.5, 0.6) is 0 Å². The third-order valence-corrected chi connectivity index (χ3v) is 7.29. The summed E-state index contributed by atoms with van der Waals surface area (Å²) in [5.41, 5.74) is 2.44. The molecule has 0 unspecified atom stereocenters. The van der Waals surface area contributed by atoms with Crippen molar-refractivity contribution < 1.29 is 13.2 Å². The zero-order valence-corrected chi connectivity index (χ0v) is 15.6. The lowest BCUT2D eigenvalue weighted by molar-refractivity contribution is -0.133. The molecular weight excluding hydrogens is 322 g/mol. The van der Waals surface area contributed by atoms with E-state index in [0.717, 1.165) is 25.7 Å². The van der Waals surface area contributed by atoms with Crippen molar-refractivity contribution >= 4 is 15.7 Å². The van der Waals surface area contributed by atoms with Gasteiger partial charge in [-0.1, -0.05) is 42.7 Å². The van der Waals surface area contributed by atoms with Gasteiger partial charge in [-0.05, 0) is 37.7 Å². The molecule has 4 nitrogen and oxygen atoms in total. The van der Waals surface area contributed by atoms with E-state index in [1.807, 2.05) is 6.07 Å². The Bertz CT molecular complexity index is 728. The maximum Gasteiger partial charge on any atom is 0.226 e. The minimum absolute atomic E-state index is 0.0129. The monoisotopic (exact) mass is 349 g/mol. The average molecular weight is 349 g/mol. The van der Waals surface area contributed by atoms with Crippen LogP contribution in [0.1, 0.15) is 49.1 Å². The van der Waals surface area contributed by atoms with Crippen molar-refractivity contribution in [2.24, 2.45) is 5.92 Å². The van der Waals surface area contributed by atoms with Crippen LogP contribution in [0, 0.1) is 12.8 Å². The average Bonchev–Trinajstić information content (AvgIpc) is 3.33. The molecule has 2 fully saturated rings. The van der Waals surface area contributed by atoms with E-state index in [1.54, 1.807) is 11.9 Å². The Morgan fingerprint density at radius 3 is 2.58 bits per heavy atom. The van der Waals surface area contributed by atoms with Crippen molar-refractivity contribution in [1.29, 1.82) is 0 Å². The highest BCUT2D eigenvalue weighted by Crippen LogP contribution is 2.49. The molecule has 0 N–H and O–H groups in total. The summed E-state index contributed by atoms with van der Waals surface area (Å²) in [6, 6.07) is 8.17. The number of carbonyl (C=O) groups excluding carboxylic acids is 1. The molecule has 0 aliphatic heterocycles. The van der Waals surface area contributed by atoms with Gasteiger partial charge in [-0.25, -0.2) is 8.42 Å². The quantitative estimate of drug-likeness (QED) is 0.840. The predicted molar refractivity (Wildman–Crippen MR) is 95.7 cm³/mol. The maximum atomic E-state index is 12.9. The maximum absolute atomic E-state index is 12.9. The SMILES string of the molecule is Cc1cccc([C@@H]2C[C@@H]2C(=O)N(C)[C@H]2CCCC[C@@H]2S(C)(=O)=O)c1. The molecule has 1 aromatic carbocycles. The van der Waals surface area contributed by atoms with E-state index in [-0.39, 0.29) is 17.9 Å². The van der Waals surface area contributed by atoms with Gasteiger partial charge in [0.1, 0.15) is 0 Å². The van der Waals surface area contributed by atoms with Gasteiger partial charge in [0.15, 0.2) is 9.84 Å². The van der Waals surface area contributed by atoms with Crippen molar-refractivity contribution in [2.45, 2.75) is 56.2 Å². The van der Waals surface area contributed by atoms with Gasteiger partial charge in [0, 0.05) is 25.3 Å². The smallest absolute Gasteiger partial charge is 0.226 e. The Hall–Kier alpha value is -1.36. The number of amides is 1. The van der Waals surface area contributed by atoms with E-state index in [0.29, 0.717) is 12.3 Å². The normalized spacial score (nSPS) is 30.0. The number of aryl methyl sites for hydroxylation is 1. The van der Waals surface area contributed by atoms with Crippen molar-refractivity contribution in [3.63, 3.8) is 0 Å². The van der Waals surface area contributed by atoms with Gasteiger partial charge in [-0.2, -0.15) is 0 Å². The molecule has 2 saturated carbocycles.